The third-order valence-corrected chi connectivity index (χ3v) is 7.79. The summed E-state index contributed by atoms with van der Waals surface area (Å²) in [7, 11) is 0. The van der Waals surface area contributed by atoms with Crippen LogP contribution in [0.5, 0.6) is 17.2 Å². The molecule has 1 N–H and O–H groups in total. The number of imide groups is 2. The van der Waals surface area contributed by atoms with Crippen molar-refractivity contribution < 1.29 is 28.6 Å². The lowest BCUT2D eigenvalue weighted by molar-refractivity contribution is -0.122. The molecule has 0 aliphatic carbocycles. The Labute approximate surface area is 268 Å². The zero-order valence-electron chi connectivity index (χ0n) is 21.2. The molecule has 4 rings (SSSR count). The van der Waals surface area contributed by atoms with Crippen LogP contribution in [0.25, 0.3) is 6.08 Å². The van der Waals surface area contributed by atoms with Crippen LogP contribution < -0.4 is 24.4 Å². The number of hydrogen-bond acceptors (Lipinski definition) is 6. The standard InChI is InChI=1S/C28H22Cl2I2N2O6/c1-3-38-18-7-8-24(39-4-2)23(13-18)34-27(36)19(26(35)33-28(34)37)9-15-10-21(31)25(22(32)11-15)40-14-16-5-6-17(29)12-20(16)30/h5-13H,3-4,14H2,1-2H3,(H,33,35,37)/b19-9+. The van der Waals surface area contributed by atoms with E-state index in [1.807, 2.05) is 6.92 Å². The molecule has 3 aromatic carbocycles. The van der Waals surface area contributed by atoms with Gasteiger partial charge in [0.2, 0.25) is 0 Å². The van der Waals surface area contributed by atoms with Gasteiger partial charge in [-0.3, -0.25) is 14.9 Å². The molecule has 0 atom stereocenters. The third kappa shape index (κ3) is 6.84. The molecule has 1 aliphatic heterocycles. The number of ether oxygens (including phenoxy) is 3. The highest BCUT2D eigenvalue weighted by Crippen LogP contribution is 2.36. The molecule has 1 heterocycles. The van der Waals surface area contributed by atoms with Crippen LogP contribution in [0.2, 0.25) is 10.0 Å². The fourth-order valence-electron chi connectivity index (χ4n) is 3.84. The normalized spacial score (nSPS) is 14.4. The summed E-state index contributed by atoms with van der Waals surface area (Å²) >= 11 is 16.5. The van der Waals surface area contributed by atoms with Crippen molar-refractivity contribution in [2.45, 2.75) is 20.5 Å². The van der Waals surface area contributed by atoms with Crippen molar-refractivity contribution in [2.24, 2.45) is 0 Å². The highest BCUT2D eigenvalue weighted by atomic mass is 127. The van der Waals surface area contributed by atoms with Crippen molar-refractivity contribution in [3.63, 3.8) is 0 Å². The number of nitrogens with zero attached hydrogens (tertiary/aromatic N) is 1. The zero-order valence-corrected chi connectivity index (χ0v) is 27.1. The number of hydrogen-bond donors (Lipinski definition) is 1. The van der Waals surface area contributed by atoms with Gasteiger partial charge in [-0.25, -0.2) is 9.69 Å². The van der Waals surface area contributed by atoms with Gasteiger partial charge in [-0.1, -0.05) is 29.3 Å². The summed E-state index contributed by atoms with van der Waals surface area (Å²) < 4.78 is 18.7. The first-order chi connectivity index (χ1) is 19.1. The molecule has 12 heteroatoms. The van der Waals surface area contributed by atoms with Gasteiger partial charge in [0.15, 0.2) is 0 Å². The minimum absolute atomic E-state index is 0.169. The second kappa shape index (κ2) is 13.4. The summed E-state index contributed by atoms with van der Waals surface area (Å²) in [6.07, 6.45) is 1.44. The van der Waals surface area contributed by atoms with E-state index in [4.69, 9.17) is 37.4 Å². The second-order valence-corrected chi connectivity index (χ2v) is 11.5. The Hall–Kier alpha value is -2.55. The van der Waals surface area contributed by atoms with E-state index in [2.05, 4.69) is 50.5 Å². The van der Waals surface area contributed by atoms with Crippen LogP contribution in [0.4, 0.5) is 10.5 Å². The van der Waals surface area contributed by atoms with Gasteiger partial charge in [-0.2, -0.15) is 0 Å². The Morgan fingerprint density at radius 2 is 1.60 bits per heavy atom. The molecule has 208 valence electrons. The summed E-state index contributed by atoms with van der Waals surface area (Å²) in [6, 6.07) is 12.7. The van der Waals surface area contributed by atoms with E-state index in [0.717, 1.165) is 17.6 Å². The molecule has 0 spiro atoms. The molecule has 40 heavy (non-hydrogen) atoms. The lowest BCUT2D eigenvalue weighted by atomic mass is 10.1. The maximum absolute atomic E-state index is 13.6. The van der Waals surface area contributed by atoms with Crippen LogP contribution in [0.3, 0.4) is 0 Å². The van der Waals surface area contributed by atoms with Crippen LogP contribution in [-0.2, 0) is 16.2 Å². The van der Waals surface area contributed by atoms with Crippen LogP contribution in [0.15, 0.2) is 54.1 Å². The number of carbonyl (C=O) groups excluding carboxylic acids is 3. The molecule has 4 amide bonds. The molecule has 3 aromatic rings. The van der Waals surface area contributed by atoms with E-state index < -0.39 is 17.8 Å². The van der Waals surface area contributed by atoms with Gasteiger partial charge in [0, 0.05) is 21.7 Å². The lowest BCUT2D eigenvalue weighted by Gasteiger charge is -2.28. The summed E-state index contributed by atoms with van der Waals surface area (Å²) in [5.41, 5.74) is 1.31. The molecule has 1 aliphatic rings. The van der Waals surface area contributed by atoms with E-state index >= 15 is 0 Å². The first-order valence-electron chi connectivity index (χ1n) is 12.0. The molecule has 0 aromatic heterocycles. The van der Waals surface area contributed by atoms with Crippen molar-refractivity contribution >= 4 is 98.0 Å². The molecule has 0 unspecified atom stereocenters. The highest BCUT2D eigenvalue weighted by molar-refractivity contribution is 14.1. The lowest BCUT2D eigenvalue weighted by Crippen LogP contribution is -2.54. The smallest absolute Gasteiger partial charge is 0.336 e. The van der Waals surface area contributed by atoms with Gasteiger partial charge < -0.3 is 14.2 Å². The number of nitrogens with one attached hydrogen (secondary N) is 1. The van der Waals surface area contributed by atoms with Crippen molar-refractivity contribution in [2.75, 3.05) is 18.1 Å². The topological polar surface area (TPSA) is 94.2 Å². The summed E-state index contributed by atoms with van der Waals surface area (Å²) in [5.74, 6) is -0.211. The number of barbiturate groups is 1. The van der Waals surface area contributed by atoms with E-state index in [1.54, 1.807) is 49.4 Å². The predicted molar refractivity (Wildman–Crippen MR) is 170 cm³/mol. The maximum atomic E-state index is 13.6. The van der Waals surface area contributed by atoms with Crippen LogP contribution in [0, 0.1) is 7.14 Å². The van der Waals surface area contributed by atoms with Crippen LogP contribution in [-0.4, -0.2) is 31.1 Å². The molecule has 0 saturated carbocycles. The number of halogens is 4. The Balaban J connectivity index is 1.65. The van der Waals surface area contributed by atoms with E-state index in [-0.39, 0.29) is 17.9 Å². The number of rotatable bonds is 9. The van der Waals surface area contributed by atoms with E-state index in [1.165, 1.54) is 12.1 Å². The largest absolute Gasteiger partial charge is 0.494 e. The van der Waals surface area contributed by atoms with Gasteiger partial charge in [0.1, 0.15) is 29.4 Å². The molecular weight excluding hydrogens is 785 g/mol. The summed E-state index contributed by atoms with van der Waals surface area (Å²) in [6.45, 7) is 4.53. The molecule has 1 fully saturated rings. The minimum atomic E-state index is -0.879. The Bertz CT molecular complexity index is 1510. The van der Waals surface area contributed by atoms with Crippen LogP contribution >= 0.6 is 68.4 Å². The highest BCUT2D eigenvalue weighted by Gasteiger charge is 2.38. The second-order valence-electron chi connectivity index (χ2n) is 8.29. The monoisotopic (exact) mass is 806 g/mol. The maximum Gasteiger partial charge on any atom is 0.336 e. The summed E-state index contributed by atoms with van der Waals surface area (Å²) in [4.78, 5) is 40.0. The van der Waals surface area contributed by atoms with Crippen molar-refractivity contribution in [1.29, 1.82) is 0 Å². The Morgan fingerprint density at radius 3 is 2.25 bits per heavy atom. The van der Waals surface area contributed by atoms with Gasteiger partial charge >= 0.3 is 6.03 Å². The fourth-order valence-corrected chi connectivity index (χ4v) is 6.43. The first-order valence-corrected chi connectivity index (χ1v) is 14.9. The number of urea groups is 1. The Morgan fingerprint density at radius 1 is 0.900 bits per heavy atom. The Kier molecular flexibility index (Phi) is 10.2. The first kappa shape index (κ1) is 30.4. The molecule has 8 nitrogen and oxygen atoms in total. The molecular formula is C28H22Cl2I2N2O6. The number of benzene rings is 3. The van der Waals surface area contributed by atoms with Gasteiger partial charge in [-0.15, -0.1) is 0 Å². The van der Waals surface area contributed by atoms with Crippen molar-refractivity contribution in [3.8, 4) is 17.2 Å². The number of anilines is 1. The van der Waals surface area contributed by atoms with Gasteiger partial charge in [-0.05, 0) is 107 Å². The third-order valence-electron chi connectivity index (χ3n) is 5.60. The quantitative estimate of drug-likeness (QED) is 0.139. The average Bonchev–Trinajstić information content (AvgIpc) is 2.88. The number of amides is 4. The van der Waals surface area contributed by atoms with Crippen molar-refractivity contribution in [1.82, 2.24) is 5.32 Å². The van der Waals surface area contributed by atoms with E-state index in [9.17, 15) is 14.4 Å². The van der Waals surface area contributed by atoms with Crippen LogP contribution in [0.1, 0.15) is 25.0 Å². The van der Waals surface area contributed by atoms with Crippen molar-refractivity contribution in [3.05, 3.63) is 82.4 Å². The SMILES string of the molecule is CCOc1ccc(OCC)c(N2C(=O)NC(=O)/C(=C\c3cc(I)c(OCc4ccc(Cl)cc4Cl)c(I)c3)C2=O)c1. The minimum Gasteiger partial charge on any atom is -0.494 e. The summed E-state index contributed by atoms with van der Waals surface area (Å²) in [5, 5.41) is 3.28. The average molecular weight is 807 g/mol. The number of carbonyl (C=O) groups is 3. The molecule has 0 bridgehead atoms. The molecule has 0 radical (unpaired) electrons. The predicted octanol–water partition coefficient (Wildman–Crippen LogP) is 7.25. The van der Waals surface area contributed by atoms with Gasteiger partial charge in [0.25, 0.3) is 11.8 Å². The zero-order chi connectivity index (χ0) is 29.0. The fraction of sp³-hybridized carbons (Fsp3) is 0.179. The van der Waals surface area contributed by atoms with E-state index in [0.29, 0.717) is 46.1 Å². The van der Waals surface area contributed by atoms with Gasteiger partial charge in [0.05, 0.1) is 26.0 Å². The molecule has 1 saturated heterocycles.